The average molecular weight is 375 g/mol. The largest absolute Gasteiger partial charge is 0.385 e. The Bertz CT molecular complexity index is 650. The van der Waals surface area contributed by atoms with Crippen LogP contribution in [0.4, 0.5) is 5.13 Å². The highest BCUT2D eigenvalue weighted by molar-refractivity contribution is 7.18. The lowest BCUT2D eigenvalue weighted by Gasteiger charge is -2.32. The highest BCUT2D eigenvalue weighted by Gasteiger charge is 2.20. The van der Waals surface area contributed by atoms with E-state index in [9.17, 15) is 0 Å². The molecular weight excluding hydrogens is 344 g/mol. The van der Waals surface area contributed by atoms with Crippen molar-refractivity contribution < 1.29 is 4.74 Å². The maximum atomic E-state index is 5.68. The third kappa shape index (κ3) is 5.50. The maximum absolute atomic E-state index is 5.68. The van der Waals surface area contributed by atoms with Gasteiger partial charge in [0.15, 0.2) is 0 Å². The Balaban J connectivity index is 1.40. The second kappa shape index (κ2) is 10.00. The van der Waals surface area contributed by atoms with Crippen LogP contribution in [0.1, 0.15) is 50.0 Å². The Morgan fingerprint density at radius 1 is 1.08 bits per heavy atom. The van der Waals surface area contributed by atoms with E-state index >= 15 is 0 Å². The molecule has 2 aromatic rings. The van der Waals surface area contributed by atoms with Crippen LogP contribution in [0.5, 0.6) is 0 Å². The molecule has 26 heavy (non-hydrogen) atoms. The van der Waals surface area contributed by atoms with Crippen LogP contribution >= 0.6 is 11.3 Å². The standard InChI is InChI=1S/C20H30N4OS/c1-25-15-5-3-2-4-12-24-13-10-17(11-14-24)16-6-8-18(9-7-16)19-22-23-20(21)26-19/h6-9,17H,2-5,10-15H2,1H3,(H2,21,23). The Hall–Kier alpha value is -1.50. The van der Waals surface area contributed by atoms with Gasteiger partial charge in [-0.15, -0.1) is 10.2 Å². The van der Waals surface area contributed by atoms with E-state index in [1.807, 2.05) is 0 Å². The molecule has 1 saturated heterocycles. The first-order valence-electron chi connectivity index (χ1n) is 9.67. The zero-order valence-electron chi connectivity index (χ0n) is 15.7. The summed E-state index contributed by atoms with van der Waals surface area (Å²) >= 11 is 1.44. The fourth-order valence-corrected chi connectivity index (χ4v) is 4.29. The van der Waals surface area contributed by atoms with Crippen LogP contribution in [-0.4, -0.2) is 48.4 Å². The number of hydrogen-bond donors (Lipinski definition) is 1. The lowest BCUT2D eigenvalue weighted by molar-refractivity contribution is 0.188. The molecule has 1 aliphatic heterocycles. The normalized spacial score (nSPS) is 16.2. The number of nitrogen functional groups attached to an aromatic ring is 1. The minimum atomic E-state index is 0.523. The van der Waals surface area contributed by atoms with Crippen LogP contribution in [-0.2, 0) is 4.74 Å². The molecule has 0 atom stereocenters. The summed E-state index contributed by atoms with van der Waals surface area (Å²) in [5.74, 6) is 0.682. The van der Waals surface area contributed by atoms with Gasteiger partial charge in [0.1, 0.15) is 5.01 Å². The van der Waals surface area contributed by atoms with Crippen molar-refractivity contribution >= 4 is 16.5 Å². The van der Waals surface area contributed by atoms with E-state index in [-0.39, 0.29) is 0 Å². The highest BCUT2D eigenvalue weighted by atomic mass is 32.1. The zero-order chi connectivity index (χ0) is 18.2. The number of ether oxygens (including phenoxy) is 1. The lowest BCUT2D eigenvalue weighted by atomic mass is 9.89. The van der Waals surface area contributed by atoms with Gasteiger partial charge in [0.2, 0.25) is 5.13 Å². The zero-order valence-corrected chi connectivity index (χ0v) is 16.5. The SMILES string of the molecule is COCCCCCCN1CCC(c2ccc(-c3nnc(N)s3)cc2)CC1. The minimum absolute atomic E-state index is 0.523. The van der Waals surface area contributed by atoms with Crippen molar-refractivity contribution in [3.63, 3.8) is 0 Å². The van der Waals surface area contributed by atoms with E-state index in [1.54, 1.807) is 7.11 Å². The molecule has 6 heteroatoms. The highest BCUT2D eigenvalue weighted by Crippen LogP contribution is 2.31. The molecule has 0 spiro atoms. The molecule has 0 aliphatic carbocycles. The third-order valence-electron chi connectivity index (χ3n) is 5.23. The van der Waals surface area contributed by atoms with E-state index in [1.165, 1.54) is 75.1 Å². The number of nitrogens with two attached hydrogens (primary N) is 1. The third-order valence-corrected chi connectivity index (χ3v) is 6.03. The summed E-state index contributed by atoms with van der Waals surface area (Å²) in [6.45, 7) is 4.59. The second-order valence-electron chi connectivity index (χ2n) is 7.09. The van der Waals surface area contributed by atoms with Gasteiger partial charge >= 0.3 is 0 Å². The predicted molar refractivity (Wildman–Crippen MR) is 109 cm³/mol. The molecule has 3 rings (SSSR count). The summed E-state index contributed by atoms with van der Waals surface area (Å²) in [6.07, 6.45) is 7.63. The number of aromatic nitrogens is 2. The van der Waals surface area contributed by atoms with Crippen molar-refractivity contribution in [2.24, 2.45) is 0 Å². The van der Waals surface area contributed by atoms with Gasteiger partial charge in [0.05, 0.1) is 0 Å². The van der Waals surface area contributed by atoms with Crippen LogP contribution in [0, 0.1) is 0 Å². The van der Waals surface area contributed by atoms with E-state index in [2.05, 4.69) is 39.4 Å². The van der Waals surface area contributed by atoms with Gasteiger partial charge in [-0.05, 0) is 56.8 Å². The van der Waals surface area contributed by atoms with Crippen LogP contribution < -0.4 is 5.73 Å². The maximum Gasteiger partial charge on any atom is 0.203 e. The van der Waals surface area contributed by atoms with Crippen molar-refractivity contribution in [1.29, 1.82) is 0 Å². The second-order valence-corrected chi connectivity index (χ2v) is 8.10. The number of nitrogens with zero attached hydrogens (tertiary/aromatic N) is 3. The first kappa shape index (κ1) is 19.3. The molecule has 1 aromatic heterocycles. The Kier molecular flexibility index (Phi) is 7.41. The molecule has 1 aromatic carbocycles. The summed E-state index contributed by atoms with van der Waals surface area (Å²) in [5, 5.41) is 9.43. The van der Waals surface area contributed by atoms with Crippen LogP contribution in [0.25, 0.3) is 10.6 Å². The lowest BCUT2D eigenvalue weighted by Crippen LogP contribution is -2.33. The minimum Gasteiger partial charge on any atom is -0.385 e. The molecule has 0 saturated carbocycles. The summed E-state index contributed by atoms with van der Waals surface area (Å²) < 4.78 is 5.10. The summed E-state index contributed by atoms with van der Waals surface area (Å²) in [4.78, 5) is 2.63. The number of anilines is 1. The van der Waals surface area contributed by atoms with E-state index in [0.717, 1.165) is 17.2 Å². The molecule has 0 bridgehead atoms. The van der Waals surface area contributed by atoms with E-state index in [4.69, 9.17) is 10.5 Å². The average Bonchev–Trinajstić information content (AvgIpc) is 3.12. The molecule has 5 nitrogen and oxygen atoms in total. The molecule has 0 amide bonds. The number of piperidine rings is 1. The molecule has 0 unspecified atom stereocenters. The van der Waals surface area contributed by atoms with Gasteiger partial charge in [0, 0.05) is 19.3 Å². The molecule has 1 fully saturated rings. The molecule has 2 N–H and O–H groups in total. The van der Waals surface area contributed by atoms with Gasteiger partial charge < -0.3 is 15.4 Å². The van der Waals surface area contributed by atoms with E-state index in [0.29, 0.717) is 11.0 Å². The van der Waals surface area contributed by atoms with Crippen molar-refractivity contribution in [3.8, 4) is 10.6 Å². The Labute approximate surface area is 160 Å². The molecule has 142 valence electrons. The number of benzene rings is 1. The smallest absolute Gasteiger partial charge is 0.203 e. The van der Waals surface area contributed by atoms with Gasteiger partial charge in [-0.25, -0.2) is 0 Å². The summed E-state index contributed by atoms with van der Waals surface area (Å²) in [5.41, 5.74) is 8.23. The predicted octanol–water partition coefficient (Wildman–Crippen LogP) is 4.17. The number of likely N-dealkylation sites (tertiary alicyclic amines) is 1. The van der Waals surface area contributed by atoms with Gasteiger partial charge in [-0.1, -0.05) is 48.4 Å². The van der Waals surface area contributed by atoms with Gasteiger partial charge in [-0.2, -0.15) is 0 Å². The molecule has 1 aliphatic rings. The van der Waals surface area contributed by atoms with Crippen molar-refractivity contribution in [2.75, 3.05) is 39.1 Å². The van der Waals surface area contributed by atoms with Gasteiger partial charge in [-0.3, -0.25) is 0 Å². The monoisotopic (exact) mass is 374 g/mol. The number of rotatable bonds is 9. The fraction of sp³-hybridized carbons (Fsp3) is 0.600. The summed E-state index contributed by atoms with van der Waals surface area (Å²) in [6, 6.07) is 8.81. The summed E-state index contributed by atoms with van der Waals surface area (Å²) in [7, 11) is 1.78. The number of unbranched alkanes of at least 4 members (excludes halogenated alkanes) is 3. The topological polar surface area (TPSA) is 64.3 Å². The molecule has 0 radical (unpaired) electrons. The fourth-order valence-electron chi connectivity index (χ4n) is 3.67. The number of hydrogen-bond acceptors (Lipinski definition) is 6. The first-order valence-corrected chi connectivity index (χ1v) is 10.5. The van der Waals surface area contributed by atoms with Crippen molar-refractivity contribution in [1.82, 2.24) is 15.1 Å². The quantitative estimate of drug-likeness (QED) is 0.667. The first-order chi connectivity index (χ1) is 12.8. The Morgan fingerprint density at radius 3 is 2.46 bits per heavy atom. The van der Waals surface area contributed by atoms with Crippen molar-refractivity contribution in [2.45, 2.75) is 44.4 Å². The Morgan fingerprint density at radius 2 is 1.81 bits per heavy atom. The van der Waals surface area contributed by atoms with E-state index < -0.39 is 0 Å². The molecule has 2 heterocycles. The van der Waals surface area contributed by atoms with Crippen LogP contribution in [0.2, 0.25) is 0 Å². The van der Waals surface area contributed by atoms with Crippen molar-refractivity contribution in [3.05, 3.63) is 29.8 Å². The molecular formula is C20H30N4OS. The van der Waals surface area contributed by atoms with Crippen LogP contribution in [0.3, 0.4) is 0 Å². The van der Waals surface area contributed by atoms with Crippen LogP contribution in [0.15, 0.2) is 24.3 Å². The number of methoxy groups -OCH3 is 1. The van der Waals surface area contributed by atoms with Gasteiger partial charge in [0.25, 0.3) is 0 Å².